The van der Waals surface area contributed by atoms with Gasteiger partial charge in [0, 0.05) is 6.42 Å². The molecule has 0 radical (unpaired) electrons. The molecule has 79 heavy (non-hydrogen) atoms. The van der Waals surface area contributed by atoms with E-state index in [4.69, 9.17) is 18.9 Å². The molecule has 0 bridgehead atoms. The molecular weight excluding hydrogens is 1000 g/mol. The Hall–Kier alpha value is -2.31. The minimum absolute atomic E-state index is 0.251. The van der Waals surface area contributed by atoms with Crippen molar-refractivity contribution in [2.45, 2.75) is 325 Å². The Morgan fingerprint density at radius 2 is 0.873 bits per heavy atom. The van der Waals surface area contributed by atoms with Gasteiger partial charge in [0.1, 0.15) is 48.8 Å². The maximum atomic E-state index is 13.3. The smallest absolute Gasteiger partial charge is 0.220 e. The maximum absolute atomic E-state index is 13.3. The minimum atomic E-state index is -1.79. The Morgan fingerprint density at radius 1 is 0.468 bits per heavy atom. The molecule has 0 aliphatic carbocycles. The van der Waals surface area contributed by atoms with Crippen LogP contribution in [0.4, 0.5) is 0 Å². The average Bonchev–Trinajstić information content (AvgIpc) is 3.47. The zero-order valence-corrected chi connectivity index (χ0v) is 49.6. The molecule has 9 N–H and O–H groups in total. The van der Waals surface area contributed by atoms with E-state index in [1.165, 1.54) is 154 Å². The van der Waals surface area contributed by atoms with Crippen LogP contribution in [0.3, 0.4) is 0 Å². The van der Waals surface area contributed by atoms with Crippen LogP contribution >= 0.6 is 0 Å². The summed E-state index contributed by atoms with van der Waals surface area (Å²) >= 11 is 0. The quantitative estimate of drug-likeness (QED) is 0.0204. The summed E-state index contributed by atoms with van der Waals surface area (Å²) in [5, 5.41) is 87.2. The van der Waals surface area contributed by atoms with Gasteiger partial charge in [0.15, 0.2) is 12.6 Å². The third kappa shape index (κ3) is 35.4. The number of aliphatic hydroxyl groups excluding tert-OH is 8. The van der Waals surface area contributed by atoms with Gasteiger partial charge in [0.2, 0.25) is 5.91 Å². The SMILES string of the molecule is CC/C=C\C/C=C\C/C=C\C/C=C\CCCCCCC(=O)NC(COC1OC(CO)C(OC2OC(CO)C(O)C(O)C2O)C(O)C1O)C(O)/C=C/CCCCCCCCCCCCCCCCCCCCCCCCCCCC. The zero-order valence-electron chi connectivity index (χ0n) is 49.6. The first-order valence-electron chi connectivity index (χ1n) is 32.0. The van der Waals surface area contributed by atoms with Crippen LogP contribution in [0.15, 0.2) is 60.8 Å². The number of unbranched alkanes of at least 4 members (excludes halogenated alkanes) is 30. The van der Waals surface area contributed by atoms with E-state index in [-0.39, 0.29) is 18.9 Å². The summed E-state index contributed by atoms with van der Waals surface area (Å²) in [6.07, 6.45) is 48.4. The van der Waals surface area contributed by atoms with E-state index in [1.807, 2.05) is 6.08 Å². The first-order chi connectivity index (χ1) is 38.6. The fourth-order valence-corrected chi connectivity index (χ4v) is 10.3. The second kappa shape index (κ2) is 50.2. The average molecular weight is 1120 g/mol. The molecule has 1 amide bonds. The van der Waals surface area contributed by atoms with Crippen LogP contribution in [0.5, 0.6) is 0 Å². The Kier molecular flexibility index (Phi) is 46.3. The molecule has 2 fully saturated rings. The standard InChI is InChI=1S/C65H117NO13/c1-3-5-7-9-11-13-15-17-19-21-22-23-24-25-26-27-28-29-30-31-33-34-36-38-40-42-44-46-48-54(69)53(66-57(70)49-47-45-43-41-39-37-35-32-20-18-16-14-12-10-8-6-4-2)52-76-64-62(75)60(73)63(56(51-68)78-64)79-65-61(74)59(72)58(71)55(50-67)77-65/h6,8,12,14,18,20,35,37,46,48,53-56,58-65,67-69,71-75H,3-5,7,9-11,13,15-17,19,21-34,36,38-45,47,49-52H2,1-2H3,(H,66,70)/b8-6-,14-12-,20-18-,37-35-,48-46+. The molecule has 0 saturated carbocycles. The van der Waals surface area contributed by atoms with Crippen molar-refractivity contribution in [3.05, 3.63) is 60.8 Å². The van der Waals surface area contributed by atoms with E-state index in [2.05, 4.69) is 67.8 Å². The van der Waals surface area contributed by atoms with Crippen molar-refractivity contribution in [2.24, 2.45) is 0 Å². The summed E-state index contributed by atoms with van der Waals surface area (Å²) in [5.41, 5.74) is 0. The highest BCUT2D eigenvalue weighted by Crippen LogP contribution is 2.30. The normalized spacial score (nSPS) is 24.8. The molecule has 2 rings (SSSR count). The van der Waals surface area contributed by atoms with Gasteiger partial charge in [0.05, 0.1) is 32.0 Å². The van der Waals surface area contributed by atoms with Crippen molar-refractivity contribution in [3.63, 3.8) is 0 Å². The lowest BCUT2D eigenvalue weighted by Crippen LogP contribution is -2.65. The third-order valence-electron chi connectivity index (χ3n) is 15.5. The number of hydrogen-bond acceptors (Lipinski definition) is 13. The van der Waals surface area contributed by atoms with Gasteiger partial charge in [-0.25, -0.2) is 0 Å². The first-order valence-corrected chi connectivity index (χ1v) is 32.0. The fourth-order valence-electron chi connectivity index (χ4n) is 10.3. The summed E-state index contributed by atoms with van der Waals surface area (Å²) in [4.78, 5) is 13.3. The van der Waals surface area contributed by atoms with Crippen LogP contribution in [-0.4, -0.2) is 140 Å². The van der Waals surface area contributed by atoms with Crippen LogP contribution in [0.1, 0.15) is 251 Å². The van der Waals surface area contributed by atoms with Gasteiger partial charge in [-0.3, -0.25) is 4.79 Å². The van der Waals surface area contributed by atoms with Crippen LogP contribution in [0.2, 0.25) is 0 Å². The molecule has 12 atom stereocenters. The number of nitrogens with one attached hydrogen (secondary N) is 1. The Morgan fingerprint density at radius 3 is 1.34 bits per heavy atom. The van der Waals surface area contributed by atoms with E-state index in [0.717, 1.165) is 70.6 Å². The number of carbonyl (C=O) groups excluding carboxylic acids is 1. The monoisotopic (exact) mass is 1120 g/mol. The van der Waals surface area contributed by atoms with Gasteiger partial charge >= 0.3 is 0 Å². The van der Waals surface area contributed by atoms with Crippen LogP contribution in [-0.2, 0) is 23.7 Å². The van der Waals surface area contributed by atoms with Crippen LogP contribution < -0.4 is 5.32 Å². The Labute approximate surface area is 479 Å². The van der Waals surface area contributed by atoms with E-state index in [0.29, 0.717) is 6.42 Å². The molecule has 0 aromatic carbocycles. The molecule has 2 heterocycles. The largest absolute Gasteiger partial charge is 0.394 e. The van der Waals surface area contributed by atoms with Gasteiger partial charge in [-0.15, -0.1) is 0 Å². The van der Waals surface area contributed by atoms with Gasteiger partial charge in [-0.1, -0.05) is 248 Å². The van der Waals surface area contributed by atoms with Crippen molar-refractivity contribution >= 4 is 5.91 Å². The van der Waals surface area contributed by atoms with Crippen LogP contribution in [0.25, 0.3) is 0 Å². The highest BCUT2D eigenvalue weighted by molar-refractivity contribution is 5.76. The summed E-state index contributed by atoms with van der Waals surface area (Å²) in [6, 6.07) is -0.931. The maximum Gasteiger partial charge on any atom is 0.220 e. The van der Waals surface area contributed by atoms with Crippen molar-refractivity contribution in [2.75, 3.05) is 19.8 Å². The molecule has 0 aromatic heterocycles. The number of amides is 1. The van der Waals surface area contributed by atoms with Crippen molar-refractivity contribution in [1.82, 2.24) is 5.32 Å². The van der Waals surface area contributed by atoms with Gasteiger partial charge in [-0.05, 0) is 57.8 Å². The highest BCUT2D eigenvalue weighted by Gasteiger charge is 2.51. The molecule has 460 valence electrons. The third-order valence-corrected chi connectivity index (χ3v) is 15.5. The fraction of sp³-hybridized carbons (Fsp3) is 0.831. The topological polar surface area (TPSA) is 228 Å². The highest BCUT2D eigenvalue weighted by atomic mass is 16.7. The second-order valence-corrected chi connectivity index (χ2v) is 22.5. The molecule has 2 saturated heterocycles. The predicted molar refractivity (Wildman–Crippen MR) is 318 cm³/mol. The second-order valence-electron chi connectivity index (χ2n) is 22.5. The lowest BCUT2D eigenvalue weighted by molar-refractivity contribution is -0.359. The van der Waals surface area contributed by atoms with Crippen molar-refractivity contribution < 1.29 is 64.6 Å². The molecular formula is C65H117NO13. The molecule has 14 nitrogen and oxygen atoms in total. The molecule has 0 spiro atoms. The number of hydrogen-bond donors (Lipinski definition) is 9. The Bertz CT molecular complexity index is 1560. The zero-order chi connectivity index (χ0) is 57.4. The molecule has 2 aliphatic heterocycles. The number of aliphatic hydroxyl groups is 8. The summed E-state index contributed by atoms with van der Waals surface area (Å²) in [7, 11) is 0. The van der Waals surface area contributed by atoms with Crippen molar-refractivity contribution in [3.8, 4) is 0 Å². The molecule has 0 aromatic rings. The number of allylic oxidation sites excluding steroid dienone is 9. The predicted octanol–water partition coefficient (Wildman–Crippen LogP) is 11.7. The van der Waals surface area contributed by atoms with Gasteiger partial charge in [-0.2, -0.15) is 0 Å². The number of carbonyl (C=O) groups is 1. The molecule has 14 heteroatoms. The summed E-state index contributed by atoms with van der Waals surface area (Å²) in [5.74, 6) is -0.262. The number of ether oxygens (including phenoxy) is 4. The summed E-state index contributed by atoms with van der Waals surface area (Å²) in [6.45, 7) is 2.68. The lowest BCUT2D eigenvalue weighted by Gasteiger charge is -2.46. The van der Waals surface area contributed by atoms with Crippen LogP contribution in [0, 0.1) is 0 Å². The summed E-state index contributed by atoms with van der Waals surface area (Å²) < 4.78 is 22.8. The first kappa shape index (κ1) is 72.8. The van der Waals surface area contributed by atoms with Gasteiger partial charge in [0.25, 0.3) is 0 Å². The van der Waals surface area contributed by atoms with E-state index >= 15 is 0 Å². The number of rotatable bonds is 51. The van der Waals surface area contributed by atoms with E-state index in [9.17, 15) is 45.6 Å². The molecule has 2 aliphatic rings. The van der Waals surface area contributed by atoms with E-state index in [1.54, 1.807) is 6.08 Å². The lowest BCUT2D eigenvalue weighted by atomic mass is 9.97. The van der Waals surface area contributed by atoms with E-state index < -0.39 is 86.8 Å². The van der Waals surface area contributed by atoms with Gasteiger partial charge < -0.3 is 65.1 Å². The Balaban J connectivity index is 1.72. The minimum Gasteiger partial charge on any atom is -0.394 e. The van der Waals surface area contributed by atoms with Crippen molar-refractivity contribution in [1.29, 1.82) is 0 Å². The molecule has 12 unspecified atom stereocenters.